The Labute approximate surface area is 308 Å². The average Bonchev–Trinajstić information content (AvgIpc) is 4.00. The normalized spacial score (nSPS) is 17.4. The van der Waals surface area contributed by atoms with Crippen LogP contribution in [-0.2, 0) is 0 Å². The monoisotopic (exact) mass is 702 g/mol. The van der Waals surface area contributed by atoms with Crippen LogP contribution in [0.2, 0.25) is 0 Å². The molecule has 0 atom stereocenters. The second-order valence-corrected chi connectivity index (χ2v) is 12.7. The van der Waals surface area contributed by atoms with Gasteiger partial charge in [-0.25, -0.2) is 20.0 Å². The van der Waals surface area contributed by atoms with Crippen LogP contribution < -0.4 is 0 Å². The van der Waals surface area contributed by atoms with E-state index in [-0.39, 0.29) is 17.0 Å². The zero-order chi connectivity index (χ0) is 36.8. The zero-order valence-electron chi connectivity index (χ0n) is 28.3. The molecule has 5 aliphatic rings. The number of allylic oxidation sites excluding steroid dienone is 10. The molecule has 0 N–H and O–H groups in total. The molecular weight excluding hydrogens is 677 g/mol. The van der Waals surface area contributed by atoms with E-state index in [1.807, 2.05) is 109 Å². The Balaban J connectivity index is 1.50. The van der Waals surface area contributed by atoms with E-state index in [1.165, 1.54) is 6.08 Å². The van der Waals surface area contributed by atoms with Crippen LogP contribution in [0.1, 0.15) is 22.3 Å². The summed E-state index contributed by atoms with van der Waals surface area (Å²) in [4.78, 5) is 44.8. The molecule has 0 fully saturated rings. The molecule has 54 heavy (non-hydrogen) atoms. The van der Waals surface area contributed by atoms with Gasteiger partial charge in [-0.2, -0.15) is 0 Å². The highest BCUT2D eigenvalue weighted by Crippen LogP contribution is 2.48. The largest absolute Gasteiger partial charge is 0.327 e. The first-order chi connectivity index (χ1) is 26.4. The standard InChI is InChI=1S/C44H26N6O4/c51-49(52)43-34-24-23-32(46-34)25-31-21-22-33(45-31)26-35-36(27-13-5-1-6-14-27)37(28-15-7-2-8-16-28)40(47-35)38(29-17-9-3-10-18-29)41-39(30-19-11-4-12-20-30)44(50(53)54)42(43)48-41/h1-26H. The van der Waals surface area contributed by atoms with Crippen molar-refractivity contribution < 1.29 is 9.85 Å². The maximum atomic E-state index is 13.3. The van der Waals surface area contributed by atoms with Crippen molar-refractivity contribution in [3.05, 3.63) is 234 Å². The molecule has 10 heteroatoms. The van der Waals surface area contributed by atoms with Gasteiger partial charge < -0.3 is 0 Å². The fourth-order valence-corrected chi connectivity index (χ4v) is 7.13. The third-order valence-electron chi connectivity index (χ3n) is 9.38. The Bertz CT molecular complexity index is 2710. The summed E-state index contributed by atoms with van der Waals surface area (Å²) < 4.78 is 0. The number of fused-ring (bicyclic) bond motifs is 4. The van der Waals surface area contributed by atoms with Crippen molar-refractivity contribution in [1.82, 2.24) is 0 Å². The van der Waals surface area contributed by atoms with E-state index >= 15 is 0 Å². The number of nitro groups is 2. The summed E-state index contributed by atoms with van der Waals surface area (Å²) in [5.74, 6) is 0. The molecule has 5 aliphatic heterocycles. The van der Waals surface area contributed by atoms with Gasteiger partial charge in [-0.05, 0) is 58.7 Å². The number of rotatable bonds is 6. The highest BCUT2D eigenvalue weighted by Gasteiger charge is 2.45. The van der Waals surface area contributed by atoms with Crippen LogP contribution in [0.4, 0.5) is 0 Å². The predicted molar refractivity (Wildman–Crippen MR) is 212 cm³/mol. The van der Waals surface area contributed by atoms with Gasteiger partial charge in [0, 0.05) is 16.7 Å². The number of hydrogen-bond donors (Lipinski definition) is 0. The zero-order valence-corrected chi connectivity index (χ0v) is 28.3. The molecular formula is C44H26N6O4. The molecule has 0 aromatic heterocycles. The van der Waals surface area contributed by atoms with Gasteiger partial charge in [-0.1, -0.05) is 121 Å². The molecule has 8 bridgehead atoms. The maximum absolute atomic E-state index is 13.3. The Morgan fingerprint density at radius 1 is 0.426 bits per heavy atom. The van der Waals surface area contributed by atoms with Crippen LogP contribution in [0.3, 0.4) is 0 Å². The number of benzene rings is 4. The number of aliphatic imine (C=N–C) groups is 4. The molecule has 9 rings (SSSR count). The summed E-state index contributed by atoms with van der Waals surface area (Å²) in [7, 11) is 0. The fourth-order valence-electron chi connectivity index (χ4n) is 7.13. The van der Waals surface area contributed by atoms with Crippen molar-refractivity contribution in [3.8, 4) is 0 Å². The molecule has 4 aromatic carbocycles. The van der Waals surface area contributed by atoms with Gasteiger partial charge >= 0.3 is 11.4 Å². The summed E-state index contributed by atoms with van der Waals surface area (Å²) in [6, 6.07) is 37.9. The molecule has 4 aromatic rings. The lowest BCUT2D eigenvalue weighted by molar-refractivity contribution is -0.426. The van der Waals surface area contributed by atoms with Gasteiger partial charge in [-0.15, -0.1) is 0 Å². The lowest BCUT2D eigenvalue weighted by Gasteiger charge is -2.17. The average molecular weight is 703 g/mol. The van der Waals surface area contributed by atoms with Crippen molar-refractivity contribution in [3.63, 3.8) is 0 Å². The van der Waals surface area contributed by atoms with Gasteiger partial charge in [0.25, 0.3) is 0 Å². The molecule has 0 unspecified atom stereocenters. The van der Waals surface area contributed by atoms with Crippen LogP contribution in [-0.4, -0.2) is 32.7 Å². The lowest BCUT2D eigenvalue weighted by Crippen LogP contribution is -2.19. The van der Waals surface area contributed by atoms with E-state index in [4.69, 9.17) is 15.0 Å². The van der Waals surface area contributed by atoms with Crippen molar-refractivity contribution in [2.45, 2.75) is 0 Å². The maximum Gasteiger partial charge on any atom is 0.327 e. The molecule has 256 valence electrons. The van der Waals surface area contributed by atoms with E-state index in [0.29, 0.717) is 45.2 Å². The molecule has 0 saturated heterocycles. The Morgan fingerprint density at radius 3 is 1.50 bits per heavy atom. The third-order valence-corrected chi connectivity index (χ3v) is 9.38. The molecule has 0 saturated carbocycles. The molecule has 0 spiro atoms. The first-order valence-corrected chi connectivity index (χ1v) is 17.1. The van der Waals surface area contributed by atoms with E-state index in [9.17, 15) is 20.2 Å². The Kier molecular flexibility index (Phi) is 7.82. The Morgan fingerprint density at radius 2 is 0.926 bits per heavy atom. The molecule has 0 radical (unpaired) electrons. The van der Waals surface area contributed by atoms with Crippen LogP contribution in [0.15, 0.2) is 212 Å². The van der Waals surface area contributed by atoms with Crippen LogP contribution >= 0.6 is 0 Å². The molecule has 0 aliphatic carbocycles. The van der Waals surface area contributed by atoms with Crippen molar-refractivity contribution >= 4 is 45.1 Å². The van der Waals surface area contributed by atoms with Crippen LogP contribution in [0.25, 0.3) is 22.3 Å². The highest BCUT2D eigenvalue weighted by atomic mass is 16.6. The third kappa shape index (κ3) is 5.55. The first kappa shape index (κ1) is 32.2. The topological polar surface area (TPSA) is 136 Å². The number of hydrogen-bond acceptors (Lipinski definition) is 8. The summed E-state index contributed by atoms with van der Waals surface area (Å²) in [6.07, 6.45) is 10.5. The molecule has 5 heterocycles. The molecule has 10 nitrogen and oxygen atoms in total. The smallest absolute Gasteiger partial charge is 0.258 e. The second-order valence-electron chi connectivity index (χ2n) is 12.7. The fraction of sp³-hybridized carbons (Fsp3) is 0. The van der Waals surface area contributed by atoms with E-state index in [2.05, 4.69) is 4.99 Å². The van der Waals surface area contributed by atoms with E-state index in [0.717, 1.165) is 22.3 Å². The summed E-state index contributed by atoms with van der Waals surface area (Å²) >= 11 is 0. The van der Waals surface area contributed by atoms with Crippen LogP contribution in [0, 0.1) is 20.2 Å². The summed E-state index contributed by atoms with van der Waals surface area (Å²) in [5, 5.41) is 26.4. The minimum absolute atomic E-state index is 0.0604. The van der Waals surface area contributed by atoms with Gasteiger partial charge in [-0.3, -0.25) is 20.2 Å². The van der Waals surface area contributed by atoms with Crippen molar-refractivity contribution in [1.29, 1.82) is 0 Å². The lowest BCUT2D eigenvalue weighted by atomic mass is 9.85. The molecule has 0 amide bonds. The van der Waals surface area contributed by atoms with E-state index < -0.39 is 27.0 Å². The van der Waals surface area contributed by atoms with Gasteiger partial charge in [0.2, 0.25) is 5.71 Å². The summed E-state index contributed by atoms with van der Waals surface area (Å²) in [5.41, 5.74) is 6.44. The quantitative estimate of drug-likeness (QED) is 0.146. The number of nitrogens with zero attached hydrogens (tertiary/aromatic N) is 6. The minimum Gasteiger partial charge on any atom is -0.258 e. The van der Waals surface area contributed by atoms with E-state index in [1.54, 1.807) is 42.5 Å². The predicted octanol–water partition coefficient (Wildman–Crippen LogP) is 8.90. The van der Waals surface area contributed by atoms with Crippen molar-refractivity contribution in [2.24, 2.45) is 20.0 Å². The van der Waals surface area contributed by atoms with Crippen molar-refractivity contribution in [2.75, 3.05) is 0 Å². The minimum atomic E-state index is -0.652. The Hall–Kier alpha value is -7.72. The van der Waals surface area contributed by atoms with Gasteiger partial charge in [0.15, 0.2) is 0 Å². The summed E-state index contributed by atoms with van der Waals surface area (Å²) in [6.45, 7) is 0. The highest BCUT2D eigenvalue weighted by molar-refractivity contribution is 6.52. The second kappa shape index (κ2) is 13.1. The van der Waals surface area contributed by atoms with Gasteiger partial charge in [0.05, 0.1) is 49.6 Å². The van der Waals surface area contributed by atoms with Crippen LogP contribution in [0.5, 0.6) is 0 Å². The SMILES string of the molecule is O=[N+]([O-])C1=C2C=CC(=N2)C=C2C=CC(=N2)C=C2N=C(C(c3ccccc3)=C3N=C1C([N+](=O)[O-])=C3c1ccccc1)C(c1ccccc1)=C2c1ccccc1. The van der Waals surface area contributed by atoms with Gasteiger partial charge in [0.1, 0.15) is 5.70 Å². The first-order valence-electron chi connectivity index (χ1n) is 17.1.